The summed E-state index contributed by atoms with van der Waals surface area (Å²) >= 11 is 6.09. The van der Waals surface area contributed by atoms with Crippen molar-refractivity contribution < 1.29 is 17.6 Å². The summed E-state index contributed by atoms with van der Waals surface area (Å²) in [6.07, 6.45) is 2.62. The van der Waals surface area contributed by atoms with Gasteiger partial charge >= 0.3 is 0 Å². The number of nitrogens with one attached hydrogen (secondary N) is 1. The lowest BCUT2D eigenvalue weighted by Gasteiger charge is -2.33. The van der Waals surface area contributed by atoms with Crippen molar-refractivity contribution in [1.82, 2.24) is 19.5 Å². The average Bonchev–Trinajstić information content (AvgIpc) is 3.61. The van der Waals surface area contributed by atoms with Gasteiger partial charge in [-0.15, -0.1) is 0 Å². The first-order chi connectivity index (χ1) is 16.1. The SMILES string of the molecule is Cc1nc(N2CCC(n3nc(C)c4cc(C(=O)NS(=O)(=O)C5CC5)c(F)cc43)CC2)ccc1Cl. The summed E-state index contributed by atoms with van der Waals surface area (Å²) in [7, 11) is -3.76. The van der Waals surface area contributed by atoms with Gasteiger partial charge < -0.3 is 4.90 Å². The van der Waals surface area contributed by atoms with Crippen molar-refractivity contribution in [2.24, 2.45) is 0 Å². The van der Waals surface area contributed by atoms with Gasteiger partial charge in [0.2, 0.25) is 10.0 Å². The zero-order chi connectivity index (χ0) is 24.2. The van der Waals surface area contributed by atoms with Crippen molar-refractivity contribution in [2.75, 3.05) is 18.0 Å². The molecule has 2 aliphatic rings. The van der Waals surface area contributed by atoms with Crippen LogP contribution in [0.2, 0.25) is 5.02 Å². The Morgan fingerprint density at radius 2 is 1.82 bits per heavy atom. The third kappa shape index (κ3) is 4.24. The van der Waals surface area contributed by atoms with Gasteiger partial charge in [-0.2, -0.15) is 5.10 Å². The van der Waals surface area contributed by atoms with Crippen LogP contribution in [0.3, 0.4) is 0 Å². The molecule has 0 spiro atoms. The van der Waals surface area contributed by atoms with Crippen molar-refractivity contribution in [2.45, 2.75) is 50.8 Å². The van der Waals surface area contributed by atoms with E-state index in [2.05, 4.69) is 15.0 Å². The van der Waals surface area contributed by atoms with E-state index in [1.165, 1.54) is 12.1 Å². The maximum Gasteiger partial charge on any atom is 0.267 e. The maximum atomic E-state index is 14.9. The number of fused-ring (bicyclic) bond motifs is 1. The third-order valence-corrected chi connectivity index (χ3v) is 8.78. The Morgan fingerprint density at radius 3 is 2.47 bits per heavy atom. The van der Waals surface area contributed by atoms with Crippen molar-refractivity contribution in [1.29, 1.82) is 0 Å². The lowest BCUT2D eigenvalue weighted by molar-refractivity contribution is 0.0977. The van der Waals surface area contributed by atoms with E-state index in [0.717, 1.165) is 37.4 Å². The molecule has 3 aromatic rings. The summed E-state index contributed by atoms with van der Waals surface area (Å²) in [5, 5.41) is 5.34. The fraction of sp³-hybridized carbons (Fsp3) is 0.435. The number of piperidine rings is 1. The van der Waals surface area contributed by atoms with Gasteiger partial charge in [-0.25, -0.2) is 22.5 Å². The Hall–Kier alpha value is -2.72. The number of sulfonamides is 1. The molecule has 0 atom stereocenters. The quantitative estimate of drug-likeness (QED) is 0.564. The lowest BCUT2D eigenvalue weighted by atomic mass is 10.0. The first kappa shape index (κ1) is 23.0. The van der Waals surface area contributed by atoms with Crippen molar-refractivity contribution in [3.8, 4) is 0 Å². The van der Waals surface area contributed by atoms with Crippen LogP contribution in [-0.4, -0.2) is 47.4 Å². The van der Waals surface area contributed by atoms with E-state index in [9.17, 15) is 17.6 Å². The van der Waals surface area contributed by atoms with Crippen molar-refractivity contribution in [3.63, 3.8) is 0 Å². The van der Waals surface area contributed by atoms with E-state index in [-0.39, 0.29) is 11.6 Å². The molecule has 5 rings (SSSR count). The Morgan fingerprint density at radius 1 is 1.12 bits per heavy atom. The molecule has 1 aromatic carbocycles. The monoisotopic (exact) mass is 505 g/mol. The van der Waals surface area contributed by atoms with Gasteiger partial charge in [0.25, 0.3) is 5.91 Å². The molecule has 2 aromatic heterocycles. The van der Waals surface area contributed by atoms with Gasteiger partial charge in [-0.1, -0.05) is 11.6 Å². The molecule has 8 nitrogen and oxygen atoms in total. The number of carbonyl (C=O) groups excluding carboxylic acids is 1. The second-order valence-electron chi connectivity index (χ2n) is 9.01. The van der Waals surface area contributed by atoms with Crippen molar-refractivity contribution in [3.05, 3.63) is 52.1 Å². The smallest absolute Gasteiger partial charge is 0.267 e. The molecule has 34 heavy (non-hydrogen) atoms. The fourth-order valence-electron chi connectivity index (χ4n) is 4.46. The van der Waals surface area contributed by atoms with E-state index in [1.54, 1.807) is 6.92 Å². The van der Waals surface area contributed by atoms with E-state index in [1.807, 2.05) is 28.5 Å². The first-order valence-corrected chi connectivity index (χ1v) is 13.2. The van der Waals surface area contributed by atoms with Gasteiger partial charge in [0.1, 0.15) is 11.6 Å². The normalized spacial score (nSPS) is 17.4. The predicted octanol–water partition coefficient (Wildman–Crippen LogP) is 3.90. The number of halogens is 2. The highest BCUT2D eigenvalue weighted by atomic mass is 35.5. The maximum absolute atomic E-state index is 14.9. The summed E-state index contributed by atoms with van der Waals surface area (Å²) in [6.45, 7) is 5.21. The molecular weight excluding hydrogens is 481 g/mol. The van der Waals surface area contributed by atoms with Crippen LogP contribution in [0.4, 0.5) is 10.2 Å². The largest absolute Gasteiger partial charge is 0.356 e. The van der Waals surface area contributed by atoms with Crippen LogP contribution in [0.25, 0.3) is 10.9 Å². The van der Waals surface area contributed by atoms with Crippen LogP contribution in [0, 0.1) is 19.7 Å². The molecule has 3 heterocycles. The van der Waals surface area contributed by atoms with Crippen LogP contribution >= 0.6 is 11.6 Å². The number of carbonyl (C=O) groups is 1. The number of aromatic nitrogens is 3. The first-order valence-electron chi connectivity index (χ1n) is 11.3. The molecule has 1 amide bonds. The lowest BCUT2D eigenvalue weighted by Crippen LogP contribution is -2.35. The Kier molecular flexibility index (Phi) is 5.76. The predicted molar refractivity (Wildman–Crippen MR) is 128 cm³/mol. The summed E-state index contributed by atoms with van der Waals surface area (Å²) in [5.74, 6) is -0.836. The molecular formula is C23H25ClFN5O3S. The summed E-state index contributed by atoms with van der Waals surface area (Å²) in [4.78, 5) is 19.3. The molecule has 1 N–H and O–H groups in total. The summed E-state index contributed by atoms with van der Waals surface area (Å²) in [6, 6.07) is 6.51. The molecule has 1 saturated carbocycles. The second-order valence-corrected chi connectivity index (χ2v) is 11.4. The van der Waals surface area contributed by atoms with Gasteiger partial charge in [0, 0.05) is 24.5 Å². The second kappa shape index (κ2) is 8.49. The minimum atomic E-state index is -3.76. The Labute approximate surface area is 202 Å². The highest BCUT2D eigenvalue weighted by Gasteiger charge is 2.37. The highest BCUT2D eigenvalue weighted by molar-refractivity contribution is 7.91. The third-order valence-electron chi connectivity index (χ3n) is 6.56. The molecule has 2 fully saturated rings. The van der Waals surface area contributed by atoms with Gasteiger partial charge in [-0.3, -0.25) is 9.48 Å². The van der Waals surface area contributed by atoms with E-state index in [0.29, 0.717) is 34.5 Å². The number of hydrogen-bond acceptors (Lipinski definition) is 6. The molecule has 180 valence electrons. The number of pyridine rings is 1. The minimum absolute atomic E-state index is 0.0650. The molecule has 11 heteroatoms. The number of hydrogen-bond donors (Lipinski definition) is 1. The van der Waals surface area contributed by atoms with Crippen LogP contribution in [0.1, 0.15) is 53.5 Å². The Bertz CT molecular complexity index is 1400. The van der Waals surface area contributed by atoms with E-state index < -0.39 is 27.0 Å². The van der Waals surface area contributed by atoms with Gasteiger partial charge in [-0.05, 0) is 57.7 Å². The molecule has 1 saturated heterocycles. The number of nitrogens with zero attached hydrogens (tertiary/aromatic N) is 4. The van der Waals surface area contributed by atoms with Gasteiger partial charge in [0.15, 0.2) is 0 Å². The molecule has 1 aliphatic carbocycles. The number of benzene rings is 1. The summed E-state index contributed by atoms with van der Waals surface area (Å²) in [5.41, 5.74) is 1.75. The molecule has 0 radical (unpaired) electrons. The van der Waals surface area contributed by atoms with Crippen LogP contribution in [-0.2, 0) is 10.0 Å². The zero-order valence-electron chi connectivity index (χ0n) is 18.9. The number of anilines is 1. The number of amides is 1. The average molecular weight is 506 g/mol. The molecule has 0 bridgehead atoms. The standard InChI is InChI=1S/C23H25ClFN5O3S/c1-13-17-11-18(23(31)28-34(32,33)16-3-4-16)20(25)12-21(17)30(27-13)15-7-9-29(10-8-15)22-6-5-19(24)14(2)26-22/h5-6,11-12,15-16H,3-4,7-10H2,1-2H3,(H,28,31). The highest BCUT2D eigenvalue weighted by Crippen LogP contribution is 2.32. The van der Waals surface area contributed by atoms with Crippen LogP contribution in [0.15, 0.2) is 24.3 Å². The van der Waals surface area contributed by atoms with E-state index in [4.69, 9.17) is 11.6 Å². The van der Waals surface area contributed by atoms with E-state index >= 15 is 0 Å². The fourth-order valence-corrected chi connectivity index (χ4v) is 5.85. The zero-order valence-corrected chi connectivity index (χ0v) is 20.5. The number of aryl methyl sites for hydroxylation is 2. The van der Waals surface area contributed by atoms with Crippen LogP contribution < -0.4 is 9.62 Å². The number of rotatable bonds is 5. The van der Waals surface area contributed by atoms with Crippen molar-refractivity contribution >= 4 is 44.3 Å². The summed E-state index contributed by atoms with van der Waals surface area (Å²) < 4.78 is 43.0. The van der Waals surface area contributed by atoms with Crippen LogP contribution in [0.5, 0.6) is 0 Å². The Balaban J connectivity index is 1.37. The topological polar surface area (TPSA) is 97.2 Å². The molecule has 0 unspecified atom stereocenters. The molecule has 1 aliphatic heterocycles. The van der Waals surface area contributed by atoms with Gasteiger partial charge in [0.05, 0.1) is 38.8 Å². The minimum Gasteiger partial charge on any atom is -0.356 e.